The fraction of sp³-hybridized carbons (Fsp3) is 0.176. The molecule has 2 aliphatic rings. The van der Waals surface area contributed by atoms with Gasteiger partial charge in [0, 0.05) is 0 Å². The SMILES string of the molecule is Cc1cc2c(cc1CN1C(=O)c3ccccc3C1=O)OCO2. The molecule has 2 aromatic rings. The first-order chi connectivity index (χ1) is 10.6. The first-order valence-corrected chi connectivity index (χ1v) is 6.99. The van der Waals surface area contributed by atoms with Crippen LogP contribution < -0.4 is 9.47 Å². The number of benzene rings is 2. The lowest BCUT2D eigenvalue weighted by molar-refractivity contribution is 0.0642. The molecule has 110 valence electrons. The van der Waals surface area contributed by atoms with Gasteiger partial charge in [-0.1, -0.05) is 12.1 Å². The van der Waals surface area contributed by atoms with E-state index in [-0.39, 0.29) is 25.2 Å². The van der Waals surface area contributed by atoms with Gasteiger partial charge in [-0.2, -0.15) is 0 Å². The lowest BCUT2D eigenvalue weighted by Gasteiger charge is -2.16. The monoisotopic (exact) mass is 295 g/mol. The van der Waals surface area contributed by atoms with Crippen LogP contribution >= 0.6 is 0 Å². The third-order valence-electron chi connectivity index (χ3n) is 4.04. The Labute approximate surface area is 127 Å². The zero-order chi connectivity index (χ0) is 15.3. The smallest absolute Gasteiger partial charge is 0.261 e. The maximum absolute atomic E-state index is 12.4. The van der Waals surface area contributed by atoms with E-state index in [1.165, 1.54) is 4.90 Å². The van der Waals surface area contributed by atoms with Gasteiger partial charge in [-0.05, 0) is 42.3 Å². The lowest BCUT2D eigenvalue weighted by Crippen LogP contribution is -2.29. The van der Waals surface area contributed by atoms with Crippen LogP contribution in [0.1, 0.15) is 31.8 Å². The Morgan fingerprint density at radius 2 is 1.59 bits per heavy atom. The molecule has 2 aliphatic heterocycles. The number of fused-ring (bicyclic) bond motifs is 2. The van der Waals surface area contributed by atoms with Gasteiger partial charge in [-0.3, -0.25) is 14.5 Å². The van der Waals surface area contributed by atoms with E-state index in [0.717, 1.165) is 11.1 Å². The third-order valence-corrected chi connectivity index (χ3v) is 4.04. The summed E-state index contributed by atoms with van der Waals surface area (Å²) in [4.78, 5) is 26.1. The predicted molar refractivity (Wildman–Crippen MR) is 77.9 cm³/mol. The van der Waals surface area contributed by atoms with E-state index in [9.17, 15) is 9.59 Å². The highest BCUT2D eigenvalue weighted by atomic mass is 16.7. The average molecular weight is 295 g/mol. The van der Waals surface area contributed by atoms with Crippen molar-refractivity contribution in [3.8, 4) is 11.5 Å². The molecule has 2 aromatic carbocycles. The van der Waals surface area contributed by atoms with Crippen LogP contribution in [0.5, 0.6) is 11.5 Å². The zero-order valence-corrected chi connectivity index (χ0v) is 12.0. The van der Waals surface area contributed by atoms with Gasteiger partial charge in [0.15, 0.2) is 11.5 Å². The number of nitrogens with zero attached hydrogens (tertiary/aromatic N) is 1. The topological polar surface area (TPSA) is 55.8 Å². The zero-order valence-electron chi connectivity index (χ0n) is 12.0. The molecule has 5 nitrogen and oxygen atoms in total. The summed E-state index contributed by atoms with van der Waals surface area (Å²) in [5.74, 6) is 0.844. The van der Waals surface area contributed by atoms with Gasteiger partial charge < -0.3 is 9.47 Å². The summed E-state index contributed by atoms with van der Waals surface area (Å²) >= 11 is 0. The van der Waals surface area contributed by atoms with Crippen LogP contribution in [-0.4, -0.2) is 23.5 Å². The second kappa shape index (κ2) is 4.59. The first-order valence-electron chi connectivity index (χ1n) is 6.99. The van der Waals surface area contributed by atoms with Crippen molar-refractivity contribution in [2.24, 2.45) is 0 Å². The predicted octanol–water partition coefficient (Wildman–Crippen LogP) is 2.52. The minimum absolute atomic E-state index is 0.200. The molecule has 22 heavy (non-hydrogen) atoms. The number of amides is 2. The fourth-order valence-electron chi connectivity index (χ4n) is 2.81. The molecule has 0 unspecified atom stereocenters. The van der Waals surface area contributed by atoms with Crippen LogP contribution in [0, 0.1) is 6.92 Å². The van der Waals surface area contributed by atoms with E-state index in [4.69, 9.17) is 9.47 Å². The first kappa shape index (κ1) is 12.9. The van der Waals surface area contributed by atoms with Gasteiger partial charge in [0.2, 0.25) is 6.79 Å². The van der Waals surface area contributed by atoms with Crippen LogP contribution in [0.25, 0.3) is 0 Å². The van der Waals surface area contributed by atoms with Crippen molar-refractivity contribution in [3.63, 3.8) is 0 Å². The maximum atomic E-state index is 12.4. The van der Waals surface area contributed by atoms with E-state index in [2.05, 4.69) is 0 Å². The summed E-state index contributed by atoms with van der Waals surface area (Å²) in [6, 6.07) is 10.6. The molecule has 5 heteroatoms. The van der Waals surface area contributed by atoms with Crippen LogP contribution in [0.2, 0.25) is 0 Å². The molecular weight excluding hydrogens is 282 g/mol. The second-order valence-electron chi connectivity index (χ2n) is 5.37. The molecule has 4 rings (SSSR count). The molecule has 0 N–H and O–H groups in total. The Balaban J connectivity index is 1.68. The average Bonchev–Trinajstić information content (AvgIpc) is 3.06. The second-order valence-corrected chi connectivity index (χ2v) is 5.37. The van der Waals surface area contributed by atoms with Gasteiger partial charge in [-0.15, -0.1) is 0 Å². The minimum Gasteiger partial charge on any atom is -0.454 e. The molecule has 2 amide bonds. The van der Waals surface area contributed by atoms with Crippen molar-refractivity contribution in [3.05, 3.63) is 58.7 Å². The number of ether oxygens (including phenoxy) is 2. The van der Waals surface area contributed by atoms with Crippen molar-refractivity contribution < 1.29 is 19.1 Å². The molecular formula is C17H13NO4. The quantitative estimate of drug-likeness (QED) is 0.799. The number of hydrogen-bond donors (Lipinski definition) is 0. The number of hydrogen-bond acceptors (Lipinski definition) is 4. The van der Waals surface area contributed by atoms with E-state index < -0.39 is 0 Å². The minimum atomic E-state index is -0.252. The Morgan fingerprint density at radius 3 is 2.23 bits per heavy atom. The molecule has 0 spiro atoms. The van der Waals surface area contributed by atoms with E-state index >= 15 is 0 Å². The molecule has 0 radical (unpaired) electrons. The van der Waals surface area contributed by atoms with Gasteiger partial charge in [0.05, 0.1) is 17.7 Å². The normalized spacial score (nSPS) is 15.4. The molecule has 0 fully saturated rings. The number of aryl methyl sites for hydroxylation is 1. The summed E-state index contributed by atoms with van der Waals surface area (Å²) in [7, 11) is 0. The van der Waals surface area contributed by atoms with Gasteiger partial charge in [0.1, 0.15) is 0 Å². The molecule has 0 saturated heterocycles. The summed E-state index contributed by atoms with van der Waals surface area (Å²) in [5.41, 5.74) is 2.76. The molecule has 0 saturated carbocycles. The highest BCUT2D eigenvalue weighted by Gasteiger charge is 2.35. The van der Waals surface area contributed by atoms with Gasteiger partial charge in [0.25, 0.3) is 11.8 Å². The van der Waals surface area contributed by atoms with Crippen LogP contribution in [-0.2, 0) is 6.54 Å². The fourth-order valence-corrected chi connectivity index (χ4v) is 2.81. The standard InChI is InChI=1S/C17H13NO4/c1-10-6-14-15(22-9-21-14)7-11(10)8-18-16(19)12-4-2-3-5-13(12)17(18)20/h2-7H,8-9H2,1H3. The van der Waals surface area contributed by atoms with Crippen molar-refractivity contribution in [2.75, 3.05) is 6.79 Å². The summed E-state index contributed by atoms with van der Waals surface area (Å²) in [6.45, 7) is 2.36. The van der Waals surface area contributed by atoms with E-state index in [0.29, 0.717) is 22.6 Å². The number of carbonyl (C=O) groups is 2. The Kier molecular flexibility index (Phi) is 2.69. The number of rotatable bonds is 2. The van der Waals surface area contributed by atoms with Crippen LogP contribution in [0.3, 0.4) is 0 Å². The van der Waals surface area contributed by atoms with Gasteiger partial charge >= 0.3 is 0 Å². The van der Waals surface area contributed by atoms with Crippen molar-refractivity contribution in [1.82, 2.24) is 4.90 Å². The number of imide groups is 1. The number of carbonyl (C=O) groups excluding carboxylic acids is 2. The Morgan fingerprint density at radius 1 is 1.00 bits per heavy atom. The molecule has 2 heterocycles. The molecule has 0 aliphatic carbocycles. The molecule has 0 bridgehead atoms. The summed E-state index contributed by atoms with van der Waals surface area (Å²) in [6.07, 6.45) is 0. The third kappa shape index (κ3) is 1.79. The van der Waals surface area contributed by atoms with Crippen molar-refractivity contribution in [2.45, 2.75) is 13.5 Å². The largest absolute Gasteiger partial charge is 0.454 e. The summed E-state index contributed by atoms with van der Waals surface area (Å²) in [5, 5.41) is 0. The Hall–Kier alpha value is -2.82. The molecule has 0 atom stereocenters. The highest BCUT2D eigenvalue weighted by Crippen LogP contribution is 2.35. The van der Waals surface area contributed by atoms with E-state index in [1.54, 1.807) is 24.3 Å². The summed E-state index contributed by atoms with van der Waals surface area (Å²) < 4.78 is 10.7. The lowest BCUT2D eigenvalue weighted by atomic mass is 10.1. The van der Waals surface area contributed by atoms with Crippen molar-refractivity contribution >= 4 is 11.8 Å². The Bertz CT molecular complexity index is 777. The maximum Gasteiger partial charge on any atom is 0.261 e. The highest BCUT2D eigenvalue weighted by molar-refractivity contribution is 6.21. The molecule has 0 aromatic heterocycles. The van der Waals surface area contributed by atoms with E-state index in [1.807, 2.05) is 19.1 Å². The van der Waals surface area contributed by atoms with Gasteiger partial charge in [-0.25, -0.2) is 0 Å². The van der Waals surface area contributed by atoms with Crippen LogP contribution in [0.4, 0.5) is 0 Å². The van der Waals surface area contributed by atoms with Crippen LogP contribution in [0.15, 0.2) is 36.4 Å². The van der Waals surface area contributed by atoms with Crippen molar-refractivity contribution in [1.29, 1.82) is 0 Å².